The van der Waals surface area contributed by atoms with E-state index < -0.39 is 0 Å². The van der Waals surface area contributed by atoms with Gasteiger partial charge in [-0.15, -0.1) is 0 Å². The molecule has 19 heavy (non-hydrogen) atoms. The van der Waals surface area contributed by atoms with Gasteiger partial charge in [0, 0.05) is 5.39 Å². The highest BCUT2D eigenvalue weighted by Gasteiger charge is 2.23. The highest BCUT2D eigenvalue weighted by atomic mass is 16.5. The summed E-state index contributed by atoms with van der Waals surface area (Å²) in [5.74, 6) is 1.18. The Balaban J connectivity index is 2.03. The molecule has 0 unspecified atom stereocenters. The van der Waals surface area contributed by atoms with Crippen molar-refractivity contribution in [2.75, 3.05) is 6.61 Å². The maximum Gasteiger partial charge on any atom is 0.342 e. The number of furan rings is 1. The predicted octanol–water partition coefficient (Wildman–Crippen LogP) is 3.87. The normalized spacial score (nSPS) is 14.8. The van der Waals surface area contributed by atoms with Gasteiger partial charge in [-0.25, -0.2) is 4.79 Å². The molecule has 0 bridgehead atoms. The lowest BCUT2D eigenvalue weighted by atomic mass is 10.0. The Kier molecular flexibility index (Phi) is 3.05. The molecular formula is C16H18O3. The Bertz CT molecular complexity index is 620. The van der Waals surface area contributed by atoms with Crippen LogP contribution in [-0.2, 0) is 11.2 Å². The minimum Gasteiger partial charge on any atom is -0.462 e. The second-order valence-corrected chi connectivity index (χ2v) is 5.23. The molecule has 0 aliphatic heterocycles. The average Bonchev–Trinajstić information content (AvgIpc) is 3.10. The molecule has 2 aromatic rings. The van der Waals surface area contributed by atoms with Crippen molar-refractivity contribution in [1.29, 1.82) is 0 Å². The van der Waals surface area contributed by atoms with Gasteiger partial charge in [0.2, 0.25) is 0 Å². The predicted molar refractivity (Wildman–Crippen MR) is 73.3 cm³/mol. The number of hydrogen-bond donors (Lipinski definition) is 0. The first-order valence-corrected chi connectivity index (χ1v) is 6.88. The molecule has 0 amide bonds. The van der Waals surface area contributed by atoms with E-state index in [2.05, 4.69) is 12.1 Å². The van der Waals surface area contributed by atoms with Gasteiger partial charge in [0.25, 0.3) is 0 Å². The molecule has 3 nitrogen and oxygen atoms in total. The fourth-order valence-corrected chi connectivity index (χ4v) is 2.51. The van der Waals surface area contributed by atoms with Gasteiger partial charge in [-0.1, -0.05) is 6.07 Å². The molecule has 3 heteroatoms. The molecular weight excluding hydrogens is 240 g/mol. The third-order valence-electron chi connectivity index (χ3n) is 3.63. The van der Waals surface area contributed by atoms with Crippen LogP contribution in [-0.4, -0.2) is 12.6 Å². The third-order valence-corrected chi connectivity index (χ3v) is 3.63. The van der Waals surface area contributed by atoms with Gasteiger partial charge < -0.3 is 9.15 Å². The van der Waals surface area contributed by atoms with Crippen molar-refractivity contribution in [2.24, 2.45) is 5.92 Å². The Labute approximate surface area is 112 Å². The molecule has 3 rings (SSSR count). The quantitative estimate of drug-likeness (QED) is 0.781. The van der Waals surface area contributed by atoms with Crippen molar-refractivity contribution < 1.29 is 13.9 Å². The number of ether oxygens (including phenoxy) is 1. The van der Waals surface area contributed by atoms with Crippen LogP contribution in [0.4, 0.5) is 0 Å². The molecule has 0 saturated heterocycles. The van der Waals surface area contributed by atoms with E-state index in [9.17, 15) is 4.79 Å². The van der Waals surface area contributed by atoms with Crippen LogP contribution in [0.1, 0.15) is 41.4 Å². The molecule has 1 aromatic heterocycles. The van der Waals surface area contributed by atoms with Gasteiger partial charge in [-0.05, 0) is 56.7 Å². The molecule has 0 N–H and O–H groups in total. The number of aryl methyl sites for hydroxylation is 1. The Hall–Kier alpha value is -1.77. The van der Waals surface area contributed by atoms with Crippen LogP contribution in [0.15, 0.2) is 22.6 Å². The average molecular weight is 258 g/mol. The highest BCUT2D eigenvalue weighted by Crippen LogP contribution is 2.34. The molecule has 0 atom stereocenters. The third kappa shape index (κ3) is 2.37. The van der Waals surface area contributed by atoms with Gasteiger partial charge in [-0.2, -0.15) is 0 Å². The van der Waals surface area contributed by atoms with E-state index in [4.69, 9.17) is 9.15 Å². The second-order valence-electron chi connectivity index (χ2n) is 5.23. The molecule has 0 spiro atoms. The van der Waals surface area contributed by atoms with Gasteiger partial charge in [-0.3, -0.25) is 0 Å². The summed E-state index contributed by atoms with van der Waals surface area (Å²) < 4.78 is 10.8. The van der Waals surface area contributed by atoms with Crippen LogP contribution < -0.4 is 0 Å². The topological polar surface area (TPSA) is 39.4 Å². The van der Waals surface area contributed by atoms with Crippen LogP contribution in [0.2, 0.25) is 0 Å². The van der Waals surface area contributed by atoms with Crippen LogP contribution in [0, 0.1) is 12.8 Å². The maximum absolute atomic E-state index is 12.0. The Morgan fingerprint density at radius 3 is 2.89 bits per heavy atom. The minimum atomic E-state index is -0.290. The van der Waals surface area contributed by atoms with Crippen LogP contribution >= 0.6 is 0 Å². The smallest absolute Gasteiger partial charge is 0.342 e. The molecule has 100 valence electrons. The monoisotopic (exact) mass is 258 g/mol. The molecule has 1 heterocycles. The molecule has 1 aliphatic carbocycles. The lowest BCUT2D eigenvalue weighted by molar-refractivity contribution is 0.0526. The number of carbonyl (C=O) groups is 1. The van der Waals surface area contributed by atoms with Crippen molar-refractivity contribution in [3.05, 3.63) is 35.1 Å². The van der Waals surface area contributed by atoms with Gasteiger partial charge in [0.1, 0.15) is 16.9 Å². The summed E-state index contributed by atoms with van der Waals surface area (Å²) in [7, 11) is 0. The van der Waals surface area contributed by atoms with Crippen LogP contribution in [0.5, 0.6) is 0 Å². The lowest BCUT2D eigenvalue weighted by Crippen LogP contribution is -2.05. The molecule has 1 fully saturated rings. The number of benzene rings is 1. The Morgan fingerprint density at radius 2 is 2.21 bits per heavy atom. The first-order valence-electron chi connectivity index (χ1n) is 6.88. The van der Waals surface area contributed by atoms with E-state index in [-0.39, 0.29) is 5.97 Å². The summed E-state index contributed by atoms with van der Waals surface area (Å²) in [6, 6.07) is 6.14. The molecule has 1 aromatic carbocycles. The van der Waals surface area contributed by atoms with E-state index in [1.807, 2.05) is 19.9 Å². The van der Waals surface area contributed by atoms with E-state index in [1.54, 1.807) is 0 Å². The highest BCUT2D eigenvalue weighted by molar-refractivity contribution is 6.04. The van der Waals surface area contributed by atoms with Crippen molar-refractivity contribution in [2.45, 2.75) is 33.1 Å². The van der Waals surface area contributed by atoms with E-state index in [0.717, 1.165) is 23.3 Å². The number of fused-ring (bicyclic) bond motifs is 1. The standard InChI is InChI=1S/C16H18O3/c1-3-18-16(17)15-10(2)19-14-7-6-12(9-13(14)15)8-11-4-5-11/h6-7,9,11H,3-5,8H2,1-2H3. The number of rotatable bonds is 4. The summed E-state index contributed by atoms with van der Waals surface area (Å²) in [4.78, 5) is 12.0. The first-order chi connectivity index (χ1) is 9.19. The van der Waals surface area contributed by atoms with Crippen LogP contribution in [0.25, 0.3) is 11.0 Å². The zero-order valence-corrected chi connectivity index (χ0v) is 11.4. The number of carbonyl (C=O) groups excluding carboxylic acids is 1. The van der Waals surface area contributed by atoms with E-state index in [1.165, 1.54) is 18.4 Å². The van der Waals surface area contributed by atoms with E-state index >= 15 is 0 Å². The molecule has 1 saturated carbocycles. The zero-order valence-electron chi connectivity index (χ0n) is 11.4. The number of hydrogen-bond acceptors (Lipinski definition) is 3. The maximum atomic E-state index is 12.0. The number of esters is 1. The second kappa shape index (κ2) is 4.72. The van der Waals surface area contributed by atoms with Crippen LogP contribution in [0.3, 0.4) is 0 Å². The van der Waals surface area contributed by atoms with Crippen molar-refractivity contribution in [3.8, 4) is 0 Å². The summed E-state index contributed by atoms with van der Waals surface area (Å²) >= 11 is 0. The lowest BCUT2D eigenvalue weighted by Gasteiger charge is -2.02. The van der Waals surface area contributed by atoms with Gasteiger partial charge >= 0.3 is 5.97 Å². The fraction of sp³-hybridized carbons (Fsp3) is 0.438. The van der Waals surface area contributed by atoms with Gasteiger partial charge in [0.15, 0.2) is 0 Å². The van der Waals surface area contributed by atoms with E-state index in [0.29, 0.717) is 17.9 Å². The summed E-state index contributed by atoms with van der Waals surface area (Å²) in [6.45, 7) is 4.01. The minimum absolute atomic E-state index is 0.290. The fourth-order valence-electron chi connectivity index (χ4n) is 2.51. The molecule has 0 radical (unpaired) electrons. The first kappa shape index (κ1) is 12.3. The molecule has 1 aliphatic rings. The SMILES string of the molecule is CCOC(=O)c1c(C)oc2ccc(CC3CC3)cc12. The Morgan fingerprint density at radius 1 is 1.42 bits per heavy atom. The van der Waals surface area contributed by atoms with Crippen molar-refractivity contribution in [3.63, 3.8) is 0 Å². The van der Waals surface area contributed by atoms with Crippen molar-refractivity contribution >= 4 is 16.9 Å². The summed E-state index contributed by atoms with van der Waals surface area (Å²) in [5, 5.41) is 0.883. The van der Waals surface area contributed by atoms with Gasteiger partial charge in [0.05, 0.1) is 6.61 Å². The summed E-state index contributed by atoms with van der Waals surface area (Å²) in [6.07, 6.45) is 3.75. The van der Waals surface area contributed by atoms with Crippen molar-refractivity contribution in [1.82, 2.24) is 0 Å². The largest absolute Gasteiger partial charge is 0.462 e. The zero-order chi connectivity index (χ0) is 13.4. The summed E-state index contributed by atoms with van der Waals surface area (Å²) in [5.41, 5.74) is 2.62.